The number of aryl methyl sites for hydroxylation is 2. The summed E-state index contributed by atoms with van der Waals surface area (Å²) in [6, 6.07) is 7.51. The summed E-state index contributed by atoms with van der Waals surface area (Å²) in [7, 11) is 1.70. The Labute approximate surface area is 149 Å². The second kappa shape index (κ2) is 5.66. The van der Waals surface area contributed by atoms with E-state index in [0.29, 0.717) is 28.1 Å². The number of hydrogen-bond acceptors (Lipinski definition) is 4. The van der Waals surface area contributed by atoms with Gasteiger partial charge >= 0.3 is 0 Å². The summed E-state index contributed by atoms with van der Waals surface area (Å²) in [5, 5.41) is 9.16. The second-order valence-electron chi connectivity index (χ2n) is 6.66. The second-order valence-corrected chi connectivity index (χ2v) is 7.09. The summed E-state index contributed by atoms with van der Waals surface area (Å²) in [6.07, 6.45) is 0.780. The van der Waals surface area contributed by atoms with Gasteiger partial charge in [-0.1, -0.05) is 22.8 Å². The van der Waals surface area contributed by atoms with Crippen molar-refractivity contribution in [2.45, 2.75) is 38.3 Å². The lowest BCUT2D eigenvalue weighted by molar-refractivity contribution is 0.353. The molecule has 2 aromatic heterocycles. The summed E-state index contributed by atoms with van der Waals surface area (Å²) in [6.45, 7) is 3.53. The first kappa shape index (κ1) is 16.3. The van der Waals surface area contributed by atoms with Crippen LogP contribution in [0.1, 0.15) is 48.6 Å². The average molecular weight is 361 g/mol. The number of benzene rings is 1. The van der Waals surface area contributed by atoms with Crippen LogP contribution in [0.5, 0.6) is 0 Å². The molecule has 1 atom stereocenters. The van der Waals surface area contributed by atoms with E-state index in [-0.39, 0.29) is 5.41 Å². The fourth-order valence-electron chi connectivity index (χ4n) is 3.33. The lowest BCUT2D eigenvalue weighted by Crippen LogP contribution is -2.12. The molecule has 0 aliphatic heterocycles. The van der Waals surface area contributed by atoms with Crippen molar-refractivity contribution in [1.82, 2.24) is 19.9 Å². The minimum Gasteiger partial charge on any atom is -0.332 e. The largest absolute Gasteiger partial charge is 0.332 e. The average Bonchev–Trinajstić information content (AvgIpc) is 3.03. The molecule has 0 radical (unpaired) electrons. The van der Waals surface area contributed by atoms with Crippen LogP contribution in [0.2, 0.25) is 5.02 Å². The Bertz CT molecular complexity index is 942. The van der Waals surface area contributed by atoms with Crippen LogP contribution in [0, 0.1) is 6.92 Å². The third-order valence-electron chi connectivity index (χ3n) is 4.86. The third-order valence-corrected chi connectivity index (χ3v) is 5.10. The maximum atomic E-state index is 13.6. The number of aromatic nitrogens is 4. The highest BCUT2D eigenvalue weighted by molar-refractivity contribution is 6.30. The van der Waals surface area contributed by atoms with E-state index in [1.807, 2.05) is 18.2 Å². The number of nitrogens with zero attached hydrogens (tertiary/aromatic N) is 4. The number of alkyl halides is 1. The Hall–Kier alpha value is -2.21. The van der Waals surface area contributed by atoms with E-state index in [9.17, 15) is 4.39 Å². The predicted molar refractivity (Wildman–Crippen MR) is 92.2 cm³/mol. The zero-order valence-corrected chi connectivity index (χ0v) is 15.0. The first-order valence-corrected chi connectivity index (χ1v) is 8.58. The van der Waals surface area contributed by atoms with E-state index in [1.165, 1.54) is 11.6 Å². The van der Waals surface area contributed by atoms with Crippen molar-refractivity contribution >= 4 is 11.6 Å². The van der Waals surface area contributed by atoms with Gasteiger partial charge in [0.15, 0.2) is 11.5 Å². The summed E-state index contributed by atoms with van der Waals surface area (Å²) < 4.78 is 20.5. The van der Waals surface area contributed by atoms with Gasteiger partial charge in [0.1, 0.15) is 6.17 Å². The Balaban J connectivity index is 1.72. The van der Waals surface area contributed by atoms with E-state index in [1.54, 1.807) is 13.1 Å². The lowest BCUT2D eigenvalue weighted by Gasteiger charge is -2.14. The van der Waals surface area contributed by atoms with Crippen molar-refractivity contribution in [3.63, 3.8) is 0 Å². The van der Waals surface area contributed by atoms with E-state index >= 15 is 0 Å². The van der Waals surface area contributed by atoms with Gasteiger partial charge < -0.3 is 4.52 Å². The summed E-state index contributed by atoms with van der Waals surface area (Å²) in [5.74, 6) is 0.942. The topological polar surface area (TPSA) is 56.7 Å². The molecule has 1 unspecified atom stereocenters. The van der Waals surface area contributed by atoms with Gasteiger partial charge in [-0.3, -0.25) is 4.68 Å². The Morgan fingerprint density at radius 1 is 1.32 bits per heavy atom. The highest BCUT2D eigenvalue weighted by Crippen LogP contribution is 2.53. The maximum absolute atomic E-state index is 13.6. The SMILES string of the molecule is Cc1ccc(Cl)cc1C1(c2noc(-c3cc(C(C)F)n(C)n3)n2)CC1. The van der Waals surface area contributed by atoms with Crippen molar-refractivity contribution in [3.05, 3.63) is 51.9 Å². The zero-order valence-electron chi connectivity index (χ0n) is 14.3. The summed E-state index contributed by atoms with van der Waals surface area (Å²) in [5.41, 5.74) is 2.99. The molecular formula is C18H18ClFN4O. The van der Waals surface area contributed by atoms with Crippen LogP contribution >= 0.6 is 11.6 Å². The predicted octanol–water partition coefficient (Wildman–Crippen LogP) is 4.54. The molecule has 25 heavy (non-hydrogen) atoms. The highest BCUT2D eigenvalue weighted by Gasteiger charge is 2.51. The smallest absolute Gasteiger partial charge is 0.278 e. The maximum Gasteiger partial charge on any atom is 0.278 e. The lowest BCUT2D eigenvalue weighted by atomic mass is 9.91. The number of halogens is 2. The fourth-order valence-corrected chi connectivity index (χ4v) is 3.50. The summed E-state index contributed by atoms with van der Waals surface area (Å²) >= 11 is 6.18. The van der Waals surface area contributed by atoms with Crippen molar-refractivity contribution < 1.29 is 8.91 Å². The number of hydrogen-bond donors (Lipinski definition) is 0. The van der Waals surface area contributed by atoms with Crippen molar-refractivity contribution in [2.75, 3.05) is 0 Å². The normalized spacial score (nSPS) is 16.8. The van der Waals surface area contributed by atoms with E-state index in [4.69, 9.17) is 16.1 Å². The molecule has 0 spiro atoms. The molecule has 4 rings (SSSR count). The van der Waals surface area contributed by atoms with Gasteiger partial charge in [-0.2, -0.15) is 10.1 Å². The Morgan fingerprint density at radius 3 is 2.72 bits per heavy atom. The first-order valence-electron chi connectivity index (χ1n) is 8.20. The molecule has 2 heterocycles. The molecule has 1 aliphatic rings. The van der Waals surface area contributed by atoms with Crippen LogP contribution < -0.4 is 0 Å². The molecule has 3 aromatic rings. The quantitative estimate of drug-likeness (QED) is 0.685. The van der Waals surface area contributed by atoms with Gasteiger partial charge in [-0.25, -0.2) is 4.39 Å². The number of rotatable bonds is 4. The van der Waals surface area contributed by atoms with E-state index in [2.05, 4.69) is 22.2 Å². The molecule has 0 N–H and O–H groups in total. The first-order chi connectivity index (χ1) is 11.9. The van der Waals surface area contributed by atoms with Gasteiger partial charge in [0.2, 0.25) is 0 Å². The zero-order chi connectivity index (χ0) is 17.8. The minimum absolute atomic E-state index is 0.248. The van der Waals surface area contributed by atoms with E-state index < -0.39 is 6.17 Å². The minimum atomic E-state index is -1.11. The molecule has 130 valence electrons. The van der Waals surface area contributed by atoms with Crippen LogP contribution in [0.4, 0.5) is 4.39 Å². The van der Waals surface area contributed by atoms with Crippen molar-refractivity contribution in [3.8, 4) is 11.6 Å². The molecule has 7 heteroatoms. The molecular weight excluding hydrogens is 343 g/mol. The standard InChI is InChI=1S/C18H18ClFN4O/c1-10-4-5-12(19)8-13(10)18(6-7-18)17-21-16(25-23-17)14-9-15(11(2)20)24(3)22-14/h4-5,8-9,11H,6-7H2,1-3H3. The van der Waals surface area contributed by atoms with E-state index in [0.717, 1.165) is 24.0 Å². The molecule has 1 fully saturated rings. The van der Waals surface area contributed by atoms with Crippen molar-refractivity contribution in [1.29, 1.82) is 0 Å². The Kier molecular flexibility index (Phi) is 3.68. The fraction of sp³-hybridized carbons (Fsp3) is 0.389. The van der Waals surface area contributed by atoms with Gasteiger partial charge in [0.05, 0.1) is 11.1 Å². The molecule has 1 aliphatic carbocycles. The highest BCUT2D eigenvalue weighted by atomic mass is 35.5. The van der Waals surface area contributed by atoms with Crippen LogP contribution in [0.15, 0.2) is 28.8 Å². The van der Waals surface area contributed by atoms with Gasteiger partial charge in [0.25, 0.3) is 5.89 Å². The molecule has 0 amide bonds. The summed E-state index contributed by atoms with van der Waals surface area (Å²) in [4.78, 5) is 4.56. The van der Waals surface area contributed by atoms with Gasteiger partial charge in [0, 0.05) is 12.1 Å². The van der Waals surface area contributed by atoms with Crippen LogP contribution in [-0.2, 0) is 12.5 Å². The van der Waals surface area contributed by atoms with Crippen LogP contribution in [0.3, 0.4) is 0 Å². The molecule has 5 nitrogen and oxygen atoms in total. The third kappa shape index (κ3) is 2.65. The van der Waals surface area contributed by atoms with Gasteiger partial charge in [-0.05, 0) is 56.0 Å². The molecule has 0 saturated heterocycles. The van der Waals surface area contributed by atoms with Crippen LogP contribution in [0.25, 0.3) is 11.6 Å². The van der Waals surface area contributed by atoms with Gasteiger partial charge in [-0.15, -0.1) is 0 Å². The molecule has 1 saturated carbocycles. The molecule has 0 bridgehead atoms. The monoisotopic (exact) mass is 360 g/mol. The Morgan fingerprint density at radius 2 is 2.08 bits per heavy atom. The van der Waals surface area contributed by atoms with Crippen molar-refractivity contribution in [2.24, 2.45) is 7.05 Å². The van der Waals surface area contributed by atoms with Crippen LogP contribution in [-0.4, -0.2) is 19.9 Å². The molecule has 1 aromatic carbocycles.